The molecule has 2 rings (SSSR count). The lowest BCUT2D eigenvalue weighted by molar-refractivity contribution is -0.390. The fourth-order valence-electron chi connectivity index (χ4n) is 1.92. The lowest BCUT2D eigenvalue weighted by Gasteiger charge is -2.16. The molecule has 0 atom stereocenters. The van der Waals surface area contributed by atoms with E-state index in [1.54, 1.807) is 31.9 Å². The van der Waals surface area contributed by atoms with Crippen molar-refractivity contribution in [1.29, 1.82) is 0 Å². The highest BCUT2D eigenvalue weighted by atomic mass is 79.9. The molecule has 0 aliphatic carbocycles. The van der Waals surface area contributed by atoms with E-state index >= 15 is 0 Å². The minimum Gasteiger partial charge on any atom is -0.358 e. The molecule has 2 heterocycles. The van der Waals surface area contributed by atoms with Gasteiger partial charge in [0.05, 0.1) is 23.0 Å². The van der Waals surface area contributed by atoms with Crippen molar-refractivity contribution in [2.24, 2.45) is 7.05 Å². The minimum atomic E-state index is -0.586. The van der Waals surface area contributed by atoms with Gasteiger partial charge in [0.2, 0.25) is 5.91 Å². The Morgan fingerprint density at radius 1 is 1.55 bits per heavy atom. The monoisotopic (exact) mass is 370 g/mol. The van der Waals surface area contributed by atoms with Gasteiger partial charge in [-0.3, -0.25) is 9.48 Å². The number of halogens is 1. The maximum absolute atomic E-state index is 12.2. The van der Waals surface area contributed by atoms with Crippen molar-refractivity contribution in [3.8, 4) is 0 Å². The second-order valence-electron chi connectivity index (χ2n) is 4.83. The van der Waals surface area contributed by atoms with E-state index in [0.717, 1.165) is 5.69 Å². The number of nitrogens with zero attached hydrogens (tertiary/aromatic N) is 6. The summed E-state index contributed by atoms with van der Waals surface area (Å²) < 4.78 is 3.30. The van der Waals surface area contributed by atoms with Crippen molar-refractivity contribution in [3.05, 3.63) is 38.2 Å². The zero-order valence-corrected chi connectivity index (χ0v) is 13.9. The molecule has 0 radical (unpaired) electrons. The molecule has 0 saturated heterocycles. The molecule has 0 spiro atoms. The number of carbonyl (C=O) groups excluding carboxylic acids is 1. The van der Waals surface area contributed by atoms with Crippen LogP contribution in [0.25, 0.3) is 0 Å². The standard InChI is InChI=1S/C12H15BrN6O3/c1-8-11(13)12(19(21)22)15-18(8)7-10(20)16(2)6-9-4-5-14-17(9)3/h4-5H,6-7H2,1-3H3. The Labute approximate surface area is 134 Å². The van der Waals surface area contributed by atoms with Gasteiger partial charge in [0.1, 0.15) is 11.0 Å². The Morgan fingerprint density at radius 3 is 2.73 bits per heavy atom. The van der Waals surface area contributed by atoms with Gasteiger partial charge >= 0.3 is 5.82 Å². The van der Waals surface area contributed by atoms with E-state index in [-0.39, 0.29) is 18.3 Å². The van der Waals surface area contributed by atoms with E-state index in [2.05, 4.69) is 26.1 Å². The topological polar surface area (TPSA) is 99.1 Å². The predicted molar refractivity (Wildman–Crippen MR) is 81.0 cm³/mol. The first-order chi connectivity index (χ1) is 10.3. The lowest BCUT2D eigenvalue weighted by Crippen LogP contribution is -2.31. The van der Waals surface area contributed by atoms with Crippen LogP contribution in [0.15, 0.2) is 16.7 Å². The number of aromatic nitrogens is 4. The summed E-state index contributed by atoms with van der Waals surface area (Å²) in [6.45, 7) is 2.00. The zero-order valence-electron chi connectivity index (χ0n) is 12.4. The maximum atomic E-state index is 12.2. The Kier molecular flexibility index (Phi) is 4.59. The Balaban J connectivity index is 2.10. The maximum Gasteiger partial charge on any atom is 0.404 e. The van der Waals surface area contributed by atoms with Crippen LogP contribution in [-0.2, 0) is 24.9 Å². The molecule has 0 fully saturated rings. The largest absolute Gasteiger partial charge is 0.404 e. The summed E-state index contributed by atoms with van der Waals surface area (Å²) in [6.07, 6.45) is 1.66. The minimum absolute atomic E-state index is 0.0629. The number of amides is 1. The first kappa shape index (κ1) is 16.1. The highest BCUT2D eigenvalue weighted by molar-refractivity contribution is 9.10. The van der Waals surface area contributed by atoms with E-state index < -0.39 is 4.92 Å². The number of hydrogen-bond acceptors (Lipinski definition) is 5. The van der Waals surface area contributed by atoms with Crippen molar-refractivity contribution in [1.82, 2.24) is 24.5 Å². The van der Waals surface area contributed by atoms with Crippen LogP contribution in [-0.4, -0.2) is 42.3 Å². The molecular weight excluding hydrogens is 356 g/mol. The van der Waals surface area contributed by atoms with Crippen LogP contribution in [0.2, 0.25) is 0 Å². The quantitative estimate of drug-likeness (QED) is 0.582. The van der Waals surface area contributed by atoms with Crippen LogP contribution in [0, 0.1) is 17.0 Å². The van der Waals surface area contributed by atoms with Crippen molar-refractivity contribution in [2.45, 2.75) is 20.0 Å². The Hall–Kier alpha value is -2.23. The number of likely N-dealkylation sites (N-methyl/N-ethyl adjacent to an activating group) is 1. The molecule has 2 aromatic rings. The van der Waals surface area contributed by atoms with Crippen molar-refractivity contribution < 1.29 is 9.72 Å². The molecule has 0 aliphatic heterocycles. The summed E-state index contributed by atoms with van der Waals surface area (Å²) in [5.41, 5.74) is 1.43. The molecule has 0 saturated carbocycles. The fraction of sp³-hybridized carbons (Fsp3) is 0.417. The predicted octanol–water partition coefficient (Wildman–Crippen LogP) is 1.25. The molecule has 10 heteroatoms. The fourth-order valence-corrected chi connectivity index (χ4v) is 2.34. The normalized spacial score (nSPS) is 10.7. The van der Waals surface area contributed by atoms with Crippen molar-refractivity contribution >= 4 is 27.7 Å². The van der Waals surface area contributed by atoms with Crippen LogP contribution in [0.1, 0.15) is 11.4 Å². The van der Waals surface area contributed by atoms with Gasteiger partial charge < -0.3 is 15.0 Å². The van der Waals surface area contributed by atoms with Crippen molar-refractivity contribution in [3.63, 3.8) is 0 Å². The molecule has 0 N–H and O–H groups in total. The van der Waals surface area contributed by atoms with Gasteiger partial charge in [-0.25, -0.2) is 0 Å². The SMILES string of the molecule is Cc1c(Br)c([N+](=O)[O-])nn1CC(=O)N(C)Cc1ccnn1C. The summed E-state index contributed by atoms with van der Waals surface area (Å²) >= 11 is 3.13. The Bertz CT molecular complexity index is 723. The third-order valence-corrected chi connectivity index (χ3v) is 4.25. The summed E-state index contributed by atoms with van der Waals surface area (Å²) in [4.78, 5) is 24.0. The smallest absolute Gasteiger partial charge is 0.358 e. The molecule has 0 aromatic carbocycles. The first-order valence-corrected chi connectivity index (χ1v) is 7.18. The van der Waals surface area contributed by atoms with E-state index in [1.807, 2.05) is 6.07 Å². The Morgan fingerprint density at radius 2 is 2.23 bits per heavy atom. The van der Waals surface area contributed by atoms with Gasteiger partial charge in [0.25, 0.3) is 0 Å². The lowest BCUT2D eigenvalue weighted by atomic mass is 10.3. The number of hydrogen-bond donors (Lipinski definition) is 0. The third-order valence-electron chi connectivity index (χ3n) is 3.32. The van der Waals surface area contributed by atoms with Crippen LogP contribution in [0.3, 0.4) is 0 Å². The number of carbonyl (C=O) groups is 1. The third kappa shape index (κ3) is 3.16. The molecular formula is C12H15BrN6O3. The van der Waals surface area contributed by atoms with Crippen LogP contribution in [0.4, 0.5) is 5.82 Å². The highest BCUT2D eigenvalue weighted by Crippen LogP contribution is 2.26. The van der Waals surface area contributed by atoms with E-state index in [0.29, 0.717) is 16.7 Å². The van der Waals surface area contributed by atoms with Gasteiger partial charge in [0, 0.05) is 20.3 Å². The van der Waals surface area contributed by atoms with Crippen molar-refractivity contribution in [2.75, 3.05) is 7.05 Å². The summed E-state index contributed by atoms with van der Waals surface area (Å²) in [5, 5.41) is 18.7. The second kappa shape index (κ2) is 6.26. The van der Waals surface area contributed by atoms with Gasteiger partial charge in [0.15, 0.2) is 0 Å². The van der Waals surface area contributed by atoms with Gasteiger partial charge in [-0.1, -0.05) is 0 Å². The molecule has 9 nitrogen and oxygen atoms in total. The van der Waals surface area contributed by atoms with Gasteiger partial charge in [-0.05, 0) is 33.8 Å². The van der Waals surface area contributed by atoms with Crippen LogP contribution in [0.5, 0.6) is 0 Å². The second-order valence-corrected chi connectivity index (χ2v) is 5.63. The molecule has 118 valence electrons. The molecule has 1 amide bonds. The van der Waals surface area contributed by atoms with Crippen LogP contribution >= 0.6 is 15.9 Å². The summed E-state index contributed by atoms with van der Waals surface area (Å²) in [6, 6.07) is 1.82. The van der Waals surface area contributed by atoms with Gasteiger partial charge in [-0.2, -0.15) is 9.78 Å². The first-order valence-electron chi connectivity index (χ1n) is 6.39. The van der Waals surface area contributed by atoms with Crippen LogP contribution < -0.4 is 0 Å². The molecule has 22 heavy (non-hydrogen) atoms. The van der Waals surface area contributed by atoms with E-state index in [1.165, 1.54) is 9.58 Å². The molecule has 0 unspecified atom stereocenters. The molecule has 0 bridgehead atoms. The molecule has 2 aromatic heterocycles. The average Bonchev–Trinajstić information content (AvgIpc) is 2.97. The van der Waals surface area contributed by atoms with E-state index in [4.69, 9.17) is 0 Å². The number of rotatable bonds is 5. The van der Waals surface area contributed by atoms with Gasteiger partial charge in [-0.15, -0.1) is 0 Å². The number of nitro groups is 1. The summed E-state index contributed by atoms with van der Waals surface area (Å²) in [7, 11) is 3.46. The average molecular weight is 371 g/mol. The highest BCUT2D eigenvalue weighted by Gasteiger charge is 2.25. The summed E-state index contributed by atoms with van der Waals surface area (Å²) in [5.74, 6) is -0.492. The zero-order chi connectivity index (χ0) is 16.4. The molecule has 0 aliphatic rings. The van der Waals surface area contributed by atoms with E-state index in [9.17, 15) is 14.9 Å². The number of aryl methyl sites for hydroxylation is 1.